The molecule has 1 aromatic carbocycles. The van der Waals surface area contributed by atoms with E-state index in [1.165, 1.54) is 12.1 Å². The Hall–Kier alpha value is -5.48. The Morgan fingerprint density at radius 2 is 1.59 bits per heavy atom. The van der Waals surface area contributed by atoms with Crippen LogP contribution in [-0.2, 0) is 19.2 Å². The van der Waals surface area contributed by atoms with Crippen molar-refractivity contribution in [2.75, 3.05) is 29.5 Å². The molecule has 0 spiro atoms. The molecule has 2 aromatic rings. The summed E-state index contributed by atoms with van der Waals surface area (Å²) in [6, 6.07) is 3.19. The number of nitrogen functional groups attached to an aromatic ring is 1. The highest BCUT2D eigenvalue weighted by molar-refractivity contribution is 5.98. The van der Waals surface area contributed by atoms with Gasteiger partial charge in [0, 0.05) is 24.1 Å². The highest BCUT2D eigenvalue weighted by Gasteiger charge is 2.25. The molecule has 2 heterocycles. The number of aromatic amines is 1. The van der Waals surface area contributed by atoms with Crippen molar-refractivity contribution in [1.29, 1.82) is 0 Å². The van der Waals surface area contributed by atoms with Crippen LogP contribution in [0.15, 0.2) is 34.1 Å². The average Bonchev–Trinajstić information content (AvgIpc) is 2.91. The Morgan fingerprint density at radius 3 is 2.22 bits per heavy atom. The fourth-order valence-corrected chi connectivity index (χ4v) is 3.71. The Morgan fingerprint density at radius 1 is 0.951 bits per heavy atom. The van der Waals surface area contributed by atoms with Gasteiger partial charge in [-0.25, -0.2) is 14.6 Å². The van der Waals surface area contributed by atoms with Crippen LogP contribution >= 0.6 is 0 Å². The van der Waals surface area contributed by atoms with Gasteiger partial charge in [0.05, 0.1) is 18.8 Å². The second-order valence-corrected chi connectivity index (χ2v) is 8.90. The van der Waals surface area contributed by atoms with Crippen LogP contribution in [0.3, 0.4) is 0 Å². The van der Waals surface area contributed by atoms with Crippen LogP contribution in [0.2, 0.25) is 0 Å². The maximum atomic E-state index is 12.6. The number of carbonyl (C=O) groups excluding carboxylic acids is 2. The minimum absolute atomic E-state index is 0.0267. The number of nitrogens with one attached hydrogen (secondary N) is 5. The molecule has 0 bridgehead atoms. The van der Waals surface area contributed by atoms with E-state index in [1.54, 1.807) is 12.1 Å². The van der Waals surface area contributed by atoms with Gasteiger partial charge in [-0.15, -0.1) is 0 Å². The number of carboxylic acids is 3. The van der Waals surface area contributed by atoms with Crippen molar-refractivity contribution < 1.29 is 39.3 Å². The van der Waals surface area contributed by atoms with Crippen LogP contribution in [0.25, 0.3) is 0 Å². The number of anilines is 3. The number of benzene rings is 1. The first-order chi connectivity index (χ1) is 19.4. The zero-order valence-corrected chi connectivity index (χ0v) is 21.5. The molecular formula is C24H28N8O9. The van der Waals surface area contributed by atoms with Gasteiger partial charge in [-0.1, -0.05) is 0 Å². The largest absolute Gasteiger partial charge is 0.481 e. The molecule has 0 aliphatic carbocycles. The SMILES string of the molecule is Nc1nc2c(c(=O)[nH]1)N=C(CNc1ccc(C(=O)N[C@@H](CCC(=O)N[C@@H](CCC(=O)O)C(=O)O)C(=O)O)cc1)CN2. The van der Waals surface area contributed by atoms with Crippen LogP contribution in [0.5, 0.6) is 0 Å². The molecule has 218 valence electrons. The normalized spacial score (nSPS) is 13.4. The van der Waals surface area contributed by atoms with Gasteiger partial charge < -0.3 is 42.3 Å². The number of amides is 2. The number of hydrogen-bond donors (Lipinski definition) is 9. The highest BCUT2D eigenvalue weighted by atomic mass is 16.4. The van der Waals surface area contributed by atoms with Crippen molar-refractivity contribution >= 4 is 58.6 Å². The van der Waals surface area contributed by atoms with E-state index in [2.05, 4.69) is 36.2 Å². The second-order valence-electron chi connectivity index (χ2n) is 8.90. The smallest absolute Gasteiger partial charge is 0.326 e. The number of nitrogens with zero attached hydrogens (tertiary/aromatic N) is 2. The first-order valence-electron chi connectivity index (χ1n) is 12.2. The van der Waals surface area contributed by atoms with E-state index in [9.17, 15) is 33.9 Å². The molecule has 3 rings (SSSR count). The van der Waals surface area contributed by atoms with Gasteiger partial charge in [-0.2, -0.15) is 4.98 Å². The van der Waals surface area contributed by atoms with E-state index in [-0.39, 0.29) is 42.4 Å². The van der Waals surface area contributed by atoms with Crippen molar-refractivity contribution in [1.82, 2.24) is 20.6 Å². The van der Waals surface area contributed by atoms with Crippen molar-refractivity contribution in [2.24, 2.45) is 4.99 Å². The van der Waals surface area contributed by atoms with Gasteiger partial charge >= 0.3 is 17.9 Å². The molecule has 1 aromatic heterocycles. The molecular weight excluding hydrogens is 544 g/mol. The quantitative estimate of drug-likeness (QED) is 0.136. The molecule has 17 nitrogen and oxygen atoms in total. The van der Waals surface area contributed by atoms with Crippen molar-refractivity contribution in [3.63, 3.8) is 0 Å². The van der Waals surface area contributed by atoms with Gasteiger partial charge in [0.1, 0.15) is 12.1 Å². The molecule has 1 aliphatic rings. The molecule has 1 aliphatic heterocycles. The van der Waals surface area contributed by atoms with Gasteiger partial charge in [0.25, 0.3) is 11.5 Å². The summed E-state index contributed by atoms with van der Waals surface area (Å²) in [5.74, 6) is -5.31. The summed E-state index contributed by atoms with van der Waals surface area (Å²) >= 11 is 0. The predicted molar refractivity (Wildman–Crippen MR) is 144 cm³/mol. The number of fused-ring (bicyclic) bond motifs is 1. The standard InChI is InChI=1S/C24H28N8O9/c25-24-31-19-18(21(37)32-24)28-13(10-27-19)9-26-12-3-1-11(2-4-12)20(36)30-15(23(40)41)5-7-16(33)29-14(22(38)39)6-8-17(34)35/h1-4,14-15,26H,5-10H2,(H,29,33)(H,30,36)(H,34,35)(H,38,39)(H,40,41)(H4,25,27,31,32,37)/t14-,15-/m0/s1. The van der Waals surface area contributed by atoms with Crippen LogP contribution in [0, 0.1) is 0 Å². The molecule has 0 saturated carbocycles. The Labute approximate surface area is 231 Å². The van der Waals surface area contributed by atoms with Gasteiger partial charge in [0.15, 0.2) is 11.5 Å². The fraction of sp³-hybridized carbons (Fsp3) is 0.333. The number of nitrogens with two attached hydrogens (primary N) is 1. The monoisotopic (exact) mass is 572 g/mol. The third kappa shape index (κ3) is 8.77. The van der Waals surface area contributed by atoms with E-state index < -0.39 is 60.2 Å². The maximum absolute atomic E-state index is 12.6. The van der Waals surface area contributed by atoms with Crippen LogP contribution in [0.1, 0.15) is 36.0 Å². The van der Waals surface area contributed by atoms with Gasteiger partial charge in [-0.05, 0) is 37.1 Å². The molecule has 41 heavy (non-hydrogen) atoms. The predicted octanol–water partition coefficient (Wildman–Crippen LogP) is -0.640. The Balaban J connectivity index is 1.52. The molecule has 2 atom stereocenters. The summed E-state index contributed by atoms with van der Waals surface area (Å²) in [4.78, 5) is 80.9. The van der Waals surface area contributed by atoms with Crippen molar-refractivity contribution in [2.45, 2.75) is 37.8 Å². The lowest BCUT2D eigenvalue weighted by molar-refractivity contribution is -0.143. The summed E-state index contributed by atoms with van der Waals surface area (Å²) in [6.07, 6.45) is -1.57. The van der Waals surface area contributed by atoms with E-state index in [4.69, 9.17) is 15.9 Å². The number of aromatic nitrogens is 2. The number of carboxylic acid groups (broad SMARTS) is 3. The first kappa shape index (κ1) is 30.1. The Bertz CT molecular complexity index is 1420. The van der Waals surface area contributed by atoms with Crippen molar-refractivity contribution in [3.05, 3.63) is 40.2 Å². The number of hydrogen-bond acceptors (Lipinski definition) is 11. The third-order valence-corrected chi connectivity index (χ3v) is 5.83. The van der Waals surface area contributed by atoms with Gasteiger partial charge in [0.2, 0.25) is 11.9 Å². The van der Waals surface area contributed by atoms with E-state index in [0.29, 0.717) is 17.9 Å². The lowest BCUT2D eigenvalue weighted by atomic mass is 10.1. The minimum Gasteiger partial charge on any atom is -0.481 e. The number of H-pyrrole nitrogens is 1. The molecule has 0 unspecified atom stereocenters. The van der Waals surface area contributed by atoms with Crippen LogP contribution < -0.4 is 32.6 Å². The lowest BCUT2D eigenvalue weighted by Crippen LogP contribution is -2.44. The molecule has 0 saturated heterocycles. The lowest BCUT2D eigenvalue weighted by Gasteiger charge is -2.17. The van der Waals surface area contributed by atoms with E-state index in [0.717, 1.165) is 0 Å². The number of aliphatic imine (C=N–C) groups is 1. The number of rotatable bonds is 14. The number of carbonyl (C=O) groups is 5. The first-order valence-corrected chi connectivity index (χ1v) is 12.2. The van der Waals surface area contributed by atoms with Crippen LogP contribution in [0.4, 0.5) is 23.1 Å². The summed E-state index contributed by atoms with van der Waals surface area (Å²) in [7, 11) is 0. The van der Waals surface area contributed by atoms with E-state index in [1.807, 2.05) is 0 Å². The summed E-state index contributed by atoms with van der Waals surface area (Å²) in [5, 5.41) is 37.8. The molecule has 2 amide bonds. The number of aliphatic carboxylic acids is 3. The average molecular weight is 573 g/mol. The van der Waals surface area contributed by atoms with Gasteiger partial charge in [-0.3, -0.25) is 24.2 Å². The zero-order valence-electron chi connectivity index (χ0n) is 21.5. The third-order valence-electron chi connectivity index (χ3n) is 5.83. The summed E-state index contributed by atoms with van der Waals surface area (Å²) in [6.45, 7) is 0.592. The maximum Gasteiger partial charge on any atom is 0.326 e. The van der Waals surface area contributed by atoms with Crippen molar-refractivity contribution in [3.8, 4) is 0 Å². The Kier molecular flexibility index (Phi) is 9.93. The highest BCUT2D eigenvalue weighted by Crippen LogP contribution is 2.21. The second kappa shape index (κ2) is 13.5. The molecule has 0 radical (unpaired) electrons. The van der Waals surface area contributed by atoms with Crippen LogP contribution in [-0.4, -0.2) is 85.9 Å². The molecule has 17 heteroatoms. The van der Waals surface area contributed by atoms with E-state index >= 15 is 0 Å². The molecule has 10 N–H and O–H groups in total. The zero-order chi connectivity index (χ0) is 30.1. The molecule has 0 fully saturated rings. The topological polar surface area (TPSA) is 278 Å². The minimum atomic E-state index is -1.44. The summed E-state index contributed by atoms with van der Waals surface area (Å²) in [5.41, 5.74) is 6.52. The fourth-order valence-electron chi connectivity index (χ4n) is 3.71. The summed E-state index contributed by atoms with van der Waals surface area (Å²) < 4.78 is 0.